The summed E-state index contributed by atoms with van der Waals surface area (Å²) in [6.45, 7) is 3.16. The topological polar surface area (TPSA) is 58.9 Å². The van der Waals surface area contributed by atoms with Gasteiger partial charge in [-0.25, -0.2) is 0 Å². The molecule has 0 atom stereocenters. The van der Waals surface area contributed by atoms with Crippen LogP contribution in [0.5, 0.6) is 17.2 Å². The minimum absolute atomic E-state index is 0.0444. The van der Waals surface area contributed by atoms with Crippen molar-refractivity contribution < 1.29 is 19.7 Å². The van der Waals surface area contributed by atoms with Crippen molar-refractivity contribution in [2.24, 2.45) is 0 Å². The first kappa shape index (κ1) is 13.1. The van der Waals surface area contributed by atoms with E-state index in [1.165, 1.54) is 20.3 Å². The zero-order valence-corrected chi connectivity index (χ0v) is 11.3. The van der Waals surface area contributed by atoms with Gasteiger partial charge in [-0.3, -0.25) is 0 Å². The van der Waals surface area contributed by atoms with E-state index in [0.717, 1.165) is 0 Å². The molecule has 0 saturated heterocycles. The first-order valence-electron chi connectivity index (χ1n) is 4.69. The van der Waals surface area contributed by atoms with E-state index >= 15 is 0 Å². The lowest BCUT2D eigenvalue weighted by atomic mass is 9.97. The molecule has 0 amide bonds. The van der Waals surface area contributed by atoms with Crippen LogP contribution in [0.4, 0.5) is 0 Å². The minimum atomic E-state index is -1.18. The Labute approximate surface area is 103 Å². The van der Waals surface area contributed by atoms with Crippen molar-refractivity contribution in [1.82, 2.24) is 0 Å². The fourth-order valence-corrected chi connectivity index (χ4v) is 2.57. The van der Waals surface area contributed by atoms with Gasteiger partial charge in [0.25, 0.3) is 0 Å². The highest BCUT2D eigenvalue weighted by Gasteiger charge is 2.28. The van der Waals surface area contributed by atoms with Gasteiger partial charge >= 0.3 is 0 Å². The molecule has 2 N–H and O–H groups in total. The maximum absolute atomic E-state index is 9.95. The minimum Gasteiger partial charge on any atom is -0.507 e. The summed E-state index contributed by atoms with van der Waals surface area (Å²) in [6.07, 6.45) is 0. The molecule has 0 fully saturated rings. The largest absolute Gasteiger partial charge is 0.507 e. The third kappa shape index (κ3) is 2.25. The van der Waals surface area contributed by atoms with Gasteiger partial charge in [0.1, 0.15) is 5.75 Å². The lowest BCUT2D eigenvalue weighted by Gasteiger charge is -2.23. The number of ether oxygens (including phenoxy) is 2. The maximum Gasteiger partial charge on any atom is 0.175 e. The molecule has 1 aromatic carbocycles. The number of halogens is 1. The van der Waals surface area contributed by atoms with Crippen molar-refractivity contribution in [2.75, 3.05) is 14.2 Å². The summed E-state index contributed by atoms with van der Waals surface area (Å²) in [4.78, 5) is 0. The monoisotopic (exact) mass is 290 g/mol. The van der Waals surface area contributed by atoms with Crippen LogP contribution in [0.25, 0.3) is 0 Å². The molecule has 0 unspecified atom stereocenters. The van der Waals surface area contributed by atoms with Gasteiger partial charge in [-0.15, -0.1) is 0 Å². The predicted molar refractivity (Wildman–Crippen MR) is 64.2 cm³/mol. The van der Waals surface area contributed by atoms with Gasteiger partial charge in [-0.1, -0.05) is 0 Å². The lowest BCUT2D eigenvalue weighted by Crippen LogP contribution is -2.17. The first-order valence-corrected chi connectivity index (χ1v) is 5.48. The molecule has 0 bridgehead atoms. The number of methoxy groups -OCH3 is 2. The normalized spacial score (nSPS) is 11.4. The van der Waals surface area contributed by atoms with Crippen molar-refractivity contribution in [3.05, 3.63) is 16.1 Å². The second-order valence-corrected chi connectivity index (χ2v) is 4.67. The molecule has 4 nitrogen and oxygen atoms in total. The van der Waals surface area contributed by atoms with Gasteiger partial charge in [0.2, 0.25) is 0 Å². The SMILES string of the molecule is COc1cc(O)c(C(C)(C)O)c(Br)c1OC. The second kappa shape index (κ2) is 4.51. The zero-order chi connectivity index (χ0) is 12.5. The van der Waals surface area contributed by atoms with Gasteiger partial charge in [0, 0.05) is 11.6 Å². The van der Waals surface area contributed by atoms with E-state index < -0.39 is 5.60 Å². The van der Waals surface area contributed by atoms with E-state index in [1.807, 2.05) is 0 Å². The van der Waals surface area contributed by atoms with Crippen LogP contribution in [-0.4, -0.2) is 24.4 Å². The summed E-state index contributed by atoms with van der Waals surface area (Å²) in [5.74, 6) is 0.800. The highest BCUT2D eigenvalue weighted by molar-refractivity contribution is 9.10. The smallest absolute Gasteiger partial charge is 0.175 e. The van der Waals surface area contributed by atoms with E-state index in [0.29, 0.717) is 21.5 Å². The summed E-state index contributed by atoms with van der Waals surface area (Å²) >= 11 is 3.29. The van der Waals surface area contributed by atoms with Crippen LogP contribution in [-0.2, 0) is 5.60 Å². The Morgan fingerprint density at radius 2 is 1.81 bits per heavy atom. The van der Waals surface area contributed by atoms with Gasteiger partial charge in [-0.05, 0) is 29.8 Å². The van der Waals surface area contributed by atoms with Crippen molar-refractivity contribution in [3.8, 4) is 17.2 Å². The van der Waals surface area contributed by atoms with Gasteiger partial charge < -0.3 is 19.7 Å². The molecule has 90 valence electrons. The Hall–Kier alpha value is -0.940. The number of benzene rings is 1. The standard InChI is InChI=1S/C11H15BrO4/c1-11(2,14)8-6(13)5-7(15-3)10(16-4)9(8)12/h5,13-14H,1-4H3. The molecule has 0 aliphatic carbocycles. The van der Waals surface area contributed by atoms with Crippen LogP contribution in [0, 0.1) is 0 Å². The maximum atomic E-state index is 9.95. The van der Waals surface area contributed by atoms with Crippen molar-refractivity contribution in [3.63, 3.8) is 0 Å². The Morgan fingerprint density at radius 1 is 1.25 bits per heavy atom. The molecule has 1 rings (SSSR count). The average molecular weight is 291 g/mol. The molecule has 0 aromatic heterocycles. The van der Waals surface area contributed by atoms with Crippen molar-refractivity contribution in [1.29, 1.82) is 0 Å². The third-order valence-electron chi connectivity index (χ3n) is 2.20. The van der Waals surface area contributed by atoms with Crippen LogP contribution in [0.1, 0.15) is 19.4 Å². The van der Waals surface area contributed by atoms with E-state index in [1.54, 1.807) is 13.8 Å². The zero-order valence-electron chi connectivity index (χ0n) is 9.67. The number of hydrogen-bond acceptors (Lipinski definition) is 4. The lowest BCUT2D eigenvalue weighted by molar-refractivity contribution is 0.0745. The summed E-state index contributed by atoms with van der Waals surface area (Å²) in [7, 11) is 2.97. The average Bonchev–Trinajstić information content (AvgIpc) is 2.14. The molecule has 0 spiro atoms. The van der Waals surface area contributed by atoms with Crippen LogP contribution >= 0.6 is 15.9 Å². The number of phenols is 1. The summed E-state index contributed by atoms with van der Waals surface area (Å²) in [5, 5.41) is 19.8. The van der Waals surface area contributed by atoms with Gasteiger partial charge in [0.15, 0.2) is 11.5 Å². The quantitative estimate of drug-likeness (QED) is 0.897. The molecule has 5 heteroatoms. The highest BCUT2D eigenvalue weighted by atomic mass is 79.9. The number of aromatic hydroxyl groups is 1. The molecule has 0 saturated carbocycles. The molecular formula is C11H15BrO4. The second-order valence-electron chi connectivity index (χ2n) is 3.88. The highest BCUT2D eigenvalue weighted by Crippen LogP contribution is 2.46. The third-order valence-corrected chi connectivity index (χ3v) is 2.96. The van der Waals surface area contributed by atoms with Crippen LogP contribution in [0.2, 0.25) is 0 Å². The van der Waals surface area contributed by atoms with E-state index in [4.69, 9.17) is 9.47 Å². The molecule has 0 aliphatic heterocycles. The van der Waals surface area contributed by atoms with Crippen LogP contribution in [0.3, 0.4) is 0 Å². The van der Waals surface area contributed by atoms with Gasteiger partial charge in [-0.2, -0.15) is 0 Å². The predicted octanol–water partition coefficient (Wildman–Crippen LogP) is 2.40. The van der Waals surface area contributed by atoms with E-state index in [-0.39, 0.29) is 5.75 Å². The van der Waals surface area contributed by atoms with Gasteiger partial charge in [0.05, 0.1) is 24.3 Å². The molecule has 0 aliphatic rings. The number of phenolic OH excluding ortho intramolecular Hbond substituents is 1. The Morgan fingerprint density at radius 3 is 2.19 bits per heavy atom. The number of rotatable bonds is 3. The Kier molecular flexibility index (Phi) is 3.70. The first-order chi connectivity index (χ1) is 7.32. The molecule has 1 aromatic rings. The van der Waals surface area contributed by atoms with Crippen molar-refractivity contribution >= 4 is 15.9 Å². The van der Waals surface area contributed by atoms with E-state index in [9.17, 15) is 10.2 Å². The van der Waals surface area contributed by atoms with Crippen LogP contribution < -0.4 is 9.47 Å². The number of aliphatic hydroxyl groups is 1. The van der Waals surface area contributed by atoms with Crippen LogP contribution in [0.15, 0.2) is 10.5 Å². The molecule has 16 heavy (non-hydrogen) atoms. The van der Waals surface area contributed by atoms with E-state index in [2.05, 4.69) is 15.9 Å². The molecule has 0 radical (unpaired) electrons. The summed E-state index contributed by atoms with van der Waals surface area (Å²) in [6, 6.07) is 1.41. The molecular weight excluding hydrogens is 276 g/mol. The van der Waals surface area contributed by atoms with Crippen molar-refractivity contribution in [2.45, 2.75) is 19.4 Å². The molecule has 0 heterocycles. The Balaban J connectivity index is 3.54. The number of hydrogen-bond donors (Lipinski definition) is 2. The Bertz CT molecular complexity index is 396. The summed E-state index contributed by atoms with van der Waals surface area (Å²) in [5.41, 5.74) is -0.812. The summed E-state index contributed by atoms with van der Waals surface area (Å²) < 4.78 is 10.7. The fraction of sp³-hybridized carbons (Fsp3) is 0.455. The fourth-order valence-electron chi connectivity index (χ4n) is 1.52.